The quantitative estimate of drug-likeness (QED) is 0.0577. The summed E-state index contributed by atoms with van der Waals surface area (Å²) >= 11 is 0. The second kappa shape index (κ2) is 13.2. The van der Waals surface area contributed by atoms with Crippen molar-refractivity contribution in [3.63, 3.8) is 0 Å². The normalized spacial score (nSPS) is 12.6. The van der Waals surface area contributed by atoms with Crippen molar-refractivity contribution >= 4 is 80.3 Å². The molecule has 0 aliphatic heterocycles. The van der Waals surface area contributed by atoms with Crippen LogP contribution in [0.25, 0.3) is 32.7 Å². The molecule has 0 aromatic heterocycles. The number of nitrogens with zero attached hydrogens (tertiary/aromatic N) is 5. The zero-order valence-corrected chi connectivity index (χ0v) is 28.5. The van der Waals surface area contributed by atoms with Gasteiger partial charge in [0, 0.05) is 16.2 Å². The van der Waals surface area contributed by atoms with Crippen LogP contribution < -0.4 is 5.73 Å². The van der Waals surface area contributed by atoms with Gasteiger partial charge in [-0.1, -0.05) is 30.3 Å². The Morgan fingerprint density at radius 1 is 0.577 bits per heavy atom. The van der Waals surface area contributed by atoms with E-state index in [1.165, 1.54) is 18.2 Å². The van der Waals surface area contributed by atoms with E-state index in [4.69, 9.17) is 11.0 Å². The number of benzene rings is 6. The highest BCUT2D eigenvalue weighted by atomic mass is 32.2. The van der Waals surface area contributed by atoms with Gasteiger partial charge in [0.25, 0.3) is 30.4 Å². The van der Waals surface area contributed by atoms with E-state index in [-0.39, 0.29) is 32.9 Å². The van der Waals surface area contributed by atoms with E-state index in [0.29, 0.717) is 11.3 Å². The lowest BCUT2D eigenvalue weighted by Gasteiger charge is -2.11. The molecule has 0 amide bonds. The summed E-state index contributed by atoms with van der Waals surface area (Å²) < 4.78 is 101. The highest BCUT2D eigenvalue weighted by Gasteiger charge is 2.25. The van der Waals surface area contributed by atoms with Gasteiger partial charge in [0.15, 0.2) is 5.75 Å². The fourth-order valence-corrected chi connectivity index (χ4v) is 7.01. The average molecular weight is 759 g/mol. The number of phenols is 1. The summed E-state index contributed by atoms with van der Waals surface area (Å²) in [5, 5.41) is 36.3. The van der Waals surface area contributed by atoms with Gasteiger partial charge in [-0.25, -0.2) is 0 Å². The van der Waals surface area contributed by atoms with Crippen LogP contribution in [0.2, 0.25) is 0 Å². The molecule has 0 fully saturated rings. The Kier molecular flexibility index (Phi) is 9.06. The standard InChI is InChI=1S/C33H22N6O10S3/c34-17-18-1-3-19(4-2-18)20-5-7-22(8-6-20)36-37-28-11-12-29(26-15-23(50(41,42)43)9-10-24(26)28)38-39-32-31(52(47,48)49)14-21-13-30(51(44,45)46)27(35)16-25(21)33(32)40/h1-16,40H,35H2,(H,41,42,43)(H,44,45,46)(H,47,48,49). The molecule has 19 heteroatoms. The number of hydrogen-bond acceptors (Lipinski definition) is 13. The van der Waals surface area contributed by atoms with Gasteiger partial charge in [-0.2, -0.15) is 35.6 Å². The third kappa shape index (κ3) is 7.19. The van der Waals surface area contributed by atoms with Gasteiger partial charge in [0.1, 0.15) is 15.5 Å². The van der Waals surface area contributed by atoms with Crippen molar-refractivity contribution in [3.05, 3.63) is 103 Å². The van der Waals surface area contributed by atoms with Gasteiger partial charge in [-0.15, -0.1) is 15.3 Å². The minimum atomic E-state index is -5.15. The minimum Gasteiger partial charge on any atom is -0.505 e. The molecule has 52 heavy (non-hydrogen) atoms. The Hall–Kier alpha value is -6.14. The second-order valence-electron chi connectivity index (χ2n) is 11.1. The second-order valence-corrected chi connectivity index (χ2v) is 15.3. The topological polar surface area (TPSA) is 283 Å². The number of nitrogen functional groups attached to an aromatic ring is 1. The molecule has 0 aliphatic rings. The number of azo groups is 2. The van der Waals surface area contributed by atoms with Crippen LogP contribution in [0.3, 0.4) is 0 Å². The molecule has 6 rings (SSSR count). The molecule has 6 N–H and O–H groups in total. The maximum atomic E-state index is 12.3. The number of nitriles is 1. The average Bonchev–Trinajstić information content (AvgIpc) is 3.09. The predicted octanol–water partition coefficient (Wildman–Crippen LogP) is 7.39. The molecule has 0 aliphatic carbocycles. The molecule has 6 aromatic carbocycles. The summed E-state index contributed by atoms with van der Waals surface area (Å²) in [5.74, 6) is -0.888. The molecule has 0 saturated carbocycles. The zero-order valence-electron chi connectivity index (χ0n) is 26.0. The lowest BCUT2D eigenvalue weighted by molar-refractivity contribution is 0.472. The van der Waals surface area contributed by atoms with E-state index >= 15 is 0 Å². The number of fused-ring (bicyclic) bond motifs is 2. The third-order valence-corrected chi connectivity index (χ3v) is 10.3. The summed E-state index contributed by atoms with van der Waals surface area (Å²) in [6.45, 7) is 0. The lowest BCUT2D eigenvalue weighted by Crippen LogP contribution is -2.04. The van der Waals surface area contributed by atoms with Crippen LogP contribution in [0.5, 0.6) is 5.75 Å². The van der Waals surface area contributed by atoms with Crippen LogP contribution in [0, 0.1) is 11.3 Å². The van der Waals surface area contributed by atoms with Crippen LogP contribution in [0.15, 0.2) is 132 Å². The fourth-order valence-electron chi connectivity index (χ4n) is 5.21. The molecule has 0 spiro atoms. The first kappa shape index (κ1) is 35.7. The van der Waals surface area contributed by atoms with Crippen molar-refractivity contribution < 1.29 is 44.0 Å². The predicted molar refractivity (Wildman–Crippen MR) is 188 cm³/mol. The van der Waals surface area contributed by atoms with Crippen LogP contribution >= 0.6 is 0 Å². The highest BCUT2D eigenvalue weighted by molar-refractivity contribution is 7.86. The van der Waals surface area contributed by atoms with Crippen LogP contribution in [0.4, 0.5) is 28.4 Å². The summed E-state index contributed by atoms with van der Waals surface area (Å²) in [5.41, 5.74) is 7.30. The van der Waals surface area contributed by atoms with Gasteiger partial charge in [0.2, 0.25) is 0 Å². The monoisotopic (exact) mass is 758 g/mol. The first-order valence-corrected chi connectivity index (χ1v) is 18.8. The molecular weight excluding hydrogens is 737 g/mol. The van der Waals surface area contributed by atoms with Crippen molar-refractivity contribution in [3.8, 4) is 22.9 Å². The van der Waals surface area contributed by atoms with Gasteiger partial charge in [-0.05, 0) is 83.2 Å². The minimum absolute atomic E-state index is 0.0437. The van der Waals surface area contributed by atoms with Crippen molar-refractivity contribution in [2.45, 2.75) is 14.7 Å². The summed E-state index contributed by atoms with van der Waals surface area (Å²) in [4.78, 5) is -2.30. The molecular formula is C33H22N6O10S3. The summed E-state index contributed by atoms with van der Waals surface area (Å²) in [7, 11) is -14.7. The summed E-state index contributed by atoms with van der Waals surface area (Å²) in [6, 6.07) is 24.9. The number of phenolic OH excluding ortho intramolecular Hbond substituents is 1. The maximum absolute atomic E-state index is 12.3. The first-order chi connectivity index (χ1) is 24.4. The van der Waals surface area contributed by atoms with Crippen molar-refractivity contribution in [2.75, 3.05) is 5.73 Å². The zero-order chi connectivity index (χ0) is 37.6. The van der Waals surface area contributed by atoms with E-state index in [1.807, 2.05) is 12.1 Å². The molecule has 0 radical (unpaired) electrons. The van der Waals surface area contributed by atoms with E-state index in [9.17, 15) is 44.0 Å². The Morgan fingerprint density at radius 2 is 1.13 bits per heavy atom. The Morgan fingerprint density at radius 3 is 1.71 bits per heavy atom. The number of rotatable bonds is 8. The van der Waals surface area contributed by atoms with Crippen molar-refractivity contribution in [2.24, 2.45) is 20.5 Å². The lowest BCUT2D eigenvalue weighted by atomic mass is 10.0. The molecule has 0 saturated heterocycles. The van der Waals surface area contributed by atoms with E-state index in [2.05, 4.69) is 26.5 Å². The maximum Gasteiger partial charge on any atom is 0.296 e. The fraction of sp³-hybridized carbons (Fsp3) is 0. The molecule has 0 heterocycles. The molecule has 262 valence electrons. The van der Waals surface area contributed by atoms with E-state index in [0.717, 1.165) is 41.5 Å². The number of aromatic hydroxyl groups is 1. The SMILES string of the molecule is N#Cc1ccc(-c2ccc(N=Nc3ccc(N=Nc4c(S(=O)(=O)O)cc5cc(S(=O)(=O)O)c(N)cc5c4O)c4cc(S(=O)(=O)O)ccc34)cc2)cc1. The molecule has 16 nitrogen and oxygen atoms in total. The molecule has 0 bridgehead atoms. The van der Waals surface area contributed by atoms with E-state index < -0.39 is 62.2 Å². The summed E-state index contributed by atoms with van der Waals surface area (Å²) in [6.07, 6.45) is 0. The highest BCUT2D eigenvalue weighted by Crippen LogP contribution is 2.44. The van der Waals surface area contributed by atoms with E-state index in [1.54, 1.807) is 36.4 Å². The van der Waals surface area contributed by atoms with Crippen LogP contribution in [-0.2, 0) is 30.4 Å². The molecule has 0 atom stereocenters. The van der Waals surface area contributed by atoms with Crippen LogP contribution in [0.1, 0.15) is 5.56 Å². The number of nitrogens with two attached hydrogens (primary N) is 1. The van der Waals surface area contributed by atoms with Gasteiger partial charge in [-0.3, -0.25) is 13.7 Å². The van der Waals surface area contributed by atoms with Crippen molar-refractivity contribution in [1.82, 2.24) is 0 Å². The molecule has 0 unspecified atom stereocenters. The van der Waals surface area contributed by atoms with Gasteiger partial charge < -0.3 is 10.8 Å². The Balaban J connectivity index is 1.44. The number of anilines is 1. The van der Waals surface area contributed by atoms with Gasteiger partial charge in [0.05, 0.1) is 39.3 Å². The van der Waals surface area contributed by atoms with Crippen molar-refractivity contribution in [1.29, 1.82) is 5.26 Å². The molecule has 6 aromatic rings. The largest absolute Gasteiger partial charge is 0.505 e. The Labute approximate surface area is 295 Å². The number of hydrogen-bond donors (Lipinski definition) is 5. The Bertz CT molecular complexity index is 2890. The van der Waals surface area contributed by atoms with Gasteiger partial charge >= 0.3 is 0 Å². The third-order valence-electron chi connectivity index (χ3n) is 7.72. The van der Waals surface area contributed by atoms with Crippen LogP contribution in [-0.4, -0.2) is 44.0 Å². The smallest absolute Gasteiger partial charge is 0.296 e. The first-order valence-electron chi connectivity index (χ1n) is 14.5.